The number of benzene rings is 1. The first-order valence-electron chi connectivity index (χ1n) is 8.60. The number of aliphatic hydroxyl groups excluding tert-OH is 2. The Morgan fingerprint density at radius 1 is 1.17 bits per heavy atom. The number of alkyl halides is 3. The molecule has 0 aliphatic heterocycles. The Morgan fingerprint density at radius 2 is 1.93 bits per heavy atom. The van der Waals surface area contributed by atoms with E-state index < -0.39 is 36.2 Å². The number of aromatic nitrogens is 2. The number of primary amides is 1. The molecule has 0 aliphatic carbocycles. The molecule has 0 bridgehead atoms. The Labute approximate surface area is 168 Å². The maximum Gasteiger partial charge on any atom is 0.421 e. The molecule has 1 amide bonds. The number of hydrogen-bond acceptors (Lipinski definition) is 6. The van der Waals surface area contributed by atoms with E-state index in [-0.39, 0.29) is 22.7 Å². The fourth-order valence-electron chi connectivity index (χ4n) is 2.64. The van der Waals surface area contributed by atoms with Gasteiger partial charge >= 0.3 is 6.18 Å². The zero-order valence-electron chi connectivity index (χ0n) is 15.3. The van der Waals surface area contributed by atoms with Gasteiger partial charge in [0, 0.05) is 11.8 Å². The molecule has 0 unspecified atom stereocenters. The average Bonchev–Trinajstić information content (AvgIpc) is 2.72. The van der Waals surface area contributed by atoms with Crippen LogP contribution >= 0.6 is 0 Å². The van der Waals surface area contributed by atoms with E-state index in [9.17, 15) is 28.2 Å². The minimum absolute atomic E-state index is 0.0484. The van der Waals surface area contributed by atoms with Crippen molar-refractivity contribution in [2.45, 2.75) is 12.3 Å². The number of amides is 1. The van der Waals surface area contributed by atoms with Gasteiger partial charge in [-0.15, -0.1) is 0 Å². The summed E-state index contributed by atoms with van der Waals surface area (Å²) in [6.07, 6.45) is -4.74. The number of pyridine rings is 2. The van der Waals surface area contributed by atoms with E-state index in [4.69, 9.17) is 10.5 Å². The number of carbonyl (C=O) groups excluding carboxylic acids is 1. The van der Waals surface area contributed by atoms with Crippen LogP contribution in [0.3, 0.4) is 0 Å². The lowest BCUT2D eigenvalue weighted by Gasteiger charge is -2.14. The lowest BCUT2D eigenvalue weighted by molar-refractivity contribution is -0.138. The third kappa shape index (κ3) is 4.73. The maximum atomic E-state index is 13.2. The lowest BCUT2D eigenvalue weighted by atomic mass is 10.0. The van der Waals surface area contributed by atoms with Gasteiger partial charge in [-0.1, -0.05) is 12.1 Å². The predicted molar refractivity (Wildman–Crippen MR) is 99.5 cm³/mol. The van der Waals surface area contributed by atoms with E-state index in [0.717, 1.165) is 12.1 Å². The van der Waals surface area contributed by atoms with E-state index >= 15 is 0 Å². The molecule has 0 saturated carbocycles. The summed E-state index contributed by atoms with van der Waals surface area (Å²) in [4.78, 5) is 19.3. The van der Waals surface area contributed by atoms with E-state index in [1.165, 1.54) is 36.5 Å². The van der Waals surface area contributed by atoms with Crippen LogP contribution in [0.4, 0.5) is 13.2 Å². The molecule has 4 N–H and O–H groups in total. The van der Waals surface area contributed by atoms with Crippen LogP contribution < -0.4 is 10.5 Å². The van der Waals surface area contributed by atoms with Crippen molar-refractivity contribution in [3.8, 4) is 22.9 Å². The number of rotatable bonds is 6. The van der Waals surface area contributed by atoms with Crippen molar-refractivity contribution >= 4 is 5.91 Å². The van der Waals surface area contributed by atoms with Gasteiger partial charge in [0.2, 0.25) is 5.88 Å². The standard InChI is InChI=1S/C20H16F3N3O4/c21-20(22,23)14-5-2-6-25-19(14)30-13-4-1-3-11(7-13)15-8-12(17(28)10-27)9-16(26-15)18(24)29/h1-9,17,27-28H,10H2,(H2,24,29)/t17-/m1/s1. The lowest BCUT2D eigenvalue weighted by Crippen LogP contribution is -2.15. The molecule has 3 aromatic rings. The van der Waals surface area contributed by atoms with E-state index in [1.54, 1.807) is 6.07 Å². The van der Waals surface area contributed by atoms with Crippen molar-refractivity contribution in [1.29, 1.82) is 0 Å². The molecule has 2 aromatic heterocycles. The van der Waals surface area contributed by atoms with Gasteiger partial charge in [-0.2, -0.15) is 13.2 Å². The van der Waals surface area contributed by atoms with Gasteiger partial charge in [-0.05, 0) is 42.0 Å². The largest absolute Gasteiger partial charge is 0.438 e. The highest BCUT2D eigenvalue weighted by molar-refractivity contribution is 5.91. The van der Waals surface area contributed by atoms with Crippen LogP contribution in [0.15, 0.2) is 54.7 Å². The second kappa shape index (κ2) is 8.47. The molecular weight excluding hydrogens is 403 g/mol. The Balaban J connectivity index is 2.01. The molecule has 0 spiro atoms. The molecule has 1 aromatic carbocycles. The van der Waals surface area contributed by atoms with Crippen LogP contribution in [0, 0.1) is 0 Å². The van der Waals surface area contributed by atoms with Crippen molar-refractivity contribution in [3.05, 3.63) is 71.5 Å². The first-order valence-corrected chi connectivity index (χ1v) is 8.60. The third-order valence-corrected chi connectivity index (χ3v) is 4.08. The van der Waals surface area contributed by atoms with Crippen molar-refractivity contribution in [3.63, 3.8) is 0 Å². The minimum atomic E-state index is -4.64. The smallest absolute Gasteiger partial charge is 0.421 e. The minimum Gasteiger partial charge on any atom is -0.438 e. The van der Waals surface area contributed by atoms with Crippen molar-refractivity contribution in [1.82, 2.24) is 9.97 Å². The summed E-state index contributed by atoms with van der Waals surface area (Å²) in [5.74, 6) is -1.41. The Morgan fingerprint density at radius 3 is 2.60 bits per heavy atom. The molecule has 2 heterocycles. The summed E-state index contributed by atoms with van der Waals surface area (Å²) in [5.41, 5.74) is 4.88. The molecule has 0 aliphatic rings. The van der Waals surface area contributed by atoms with E-state index in [2.05, 4.69) is 9.97 Å². The van der Waals surface area contributed by atoms with Gasteiger partial charge < -0.3 is 20.7 Å². The third-order valence-electron chi connectivity index (χ3n) is 4.08. The molecule has 0 radical (unpaired) electrons. The van der Waals surface area contributed by atoms with E-state index in [1.807, 2.05) is 0 Å². The first-order chi connectivity index (χ1) is 14.2. The number of carbonyl (C=O) groups is 1. The van der Waals surface area contributed by atoms with Crippen molar-refractivity contribution in [2.75, 3.05) is 6.61 Å². The second-order valence-electron chi connectivity index (χ2n) is 6.22. The van der Waals surface area contributed by atoms with Crippen LogP contribution in [0.25, 0.3) is 11.3 Å². The van der Waals surface area contributed by atoms with Gasteiger partial charge in [-0.25, -0.2) is 9.97 Å². The molecule has 156 valence electrons. The van der Waals surface area contributed by atoms with Crippen LogP contribution in [0.1, 0.15) is 27.7 Å². The molecule has 0 saturated heterocycles. The highest BCUT2D eigenvalue weighted by Gasteiger charge is 2.35. The van der Waals surface area contributed by atoms with Crippen LogP contribution in [0.5, 0.6) is 11.6 Å². The quantitative estimate of drug-likeness (QED) is 0.565. The van der Waals surface area contributed by atoms with Crippen LogP contribution in [-0.2, 0) is 6.18 Å². The van der Waals surface area contributed by atoms with Gasteiger partial charge in [0.05, 0.1) is 12.3 Å². The Bertz CT molecular complexity index is 1070. The normalized spacial score (nSPS) is 12.4. The fraction of sp³-hybridized carbons (Fsp3) is 0.150. The molecule has 3 rings (SSSR count). The number of hydrogen-bond donors (Lipinski definition) is 3. The summed E-state index contributed by atoms with van der Waals surface area (Å²) in [6, 6.07) is 10.6. The summed E-state index contributed by atoms with van der Waals surface area (Å²) in [5, 5.41) is 19.1. The summed E-state index contributed by atoms with van der Waals surface area (Å²) in [6.45, 7) is -0.593. The van der Waals surface area contributed by atoms with Gasteiger partial charge in [-0.3, -0.25) is 4.79 Å². The Kier molecular flexibility index (Phi) is 5.99. The second-order valence-corrected chi connectivity index (χ2v) is 6.22. The van der Waals surface area contributed by atoms with E-state index in [0.29, 0.717) is 5.56 Å². The molecule has 7 nitrogen and oxygen atoms in total. The van der Waals surface area contributed by atoms with Crippen LogP contribution in [0.2, 0.25) is 0 Å². The molecule has 0 fully saturated rings. The van der Waals surface area contributed by atoms with Crippen molar-refractivity contribution in [2.24, 2.45) is 5.73 Å². The van der Waals surface area contributed by atoms with Gasteiger partial charge in [0.15, 0.2) is 0 Å². The van der Waals surface area contributed by atoms with Crippen molar-refractivity contribution < 1.29 is 32.9 Å². The summed E-state index contributed by atoms with van der Waals surface area (Å²) < 4.78 is 44.8. The summed E-state index contributed by atoms with van der Waals surface area (Å²) >= 11 is 0. The zero-order chi connectivity index (χ0) is 21.9. The zero-order valence-corrected chi connectivity index (χ0v) is 15.3. The molecular formula is C20H16F3N3O4. The number of nitrogens with zero attached hydrogens (tertiary/aromatic N) is 2. The summed E-state index contributed by atoms with van der Waals surface area (Å²) in [7, 11) is 0. The highest BCUT2D eigenvalue weighted by atomic mass is 19.4. The molecule has 30 heavy (non-hydrogen) atoms. The fourth-order valence-corrected chi connectivity index (χ4v) is 2.64. The van der Waals surface area contributed by atoms with Gasteiger partial charge in [0.25, 0.3) is 5.91 Å². The monoisotopic (exact) mass is 419 g/mol. The highest BCUT2D eigenvalue weighted by Crippen LogP contribution is 2.37. The maximum absolute atomic E-state index is 13.2. The number of halogens is 3. The number of aliphatic hydroxyl groups is 2. The topological polar surface area (TPSA) is 119 Å². The first kappa shape index (κ1) is 21.2. The average molecular weight is 419 g/mol. The number of nitrogens with two attached hydrogens (primary N) is 1. The molecule has 10 heteroatoms. The predicted octanol–water partition coefficient (Wildman–Crippen LogP) is 3.08. The van der Waals surface area contributed by atoms with Gasteiger partial charge in [0.1, 0.15) is 23.1 Å². The number of ether oxygens (including phenoxy) is 1. The SMILES string of the molecule is NC(=O)c1cc([C@H](O)CO)cc(-c2cccc(Oc3ncccc3C(F)(F)F)c2)n1. The van der Waals surface area contributed by atoms with Crippen LogP contribution in [-0.4, -0.2) is 32.7 Å². The Hall–Kier alpha value is -3.50. The molecule has 1 atom stereocenters.